The molecule has 0 spiro atoms. The Kier molecular flexibility index (Phi) is 1.97. The fourth-order valence-corrected chi connectivity index (χ4v) is 1.55. The second-order valence-electron chi connectivity index (χ2n) is 3.23. The predicted octanol–water partition coefficient (Wildman–Crippen LogP) is 1.66. The van der Waals surface area contributed by atoms with E-state index in [1.165, 1.54) is 12.1 Å². The van der Waals surface area contributed by atoms with E-state index < -0.39 is 23.7 Å². The van der Waals surface area contributed by atoms with E-state index in [4.69, 9.17) is 5.73 Å². The molecular weight excluding hydrogens is 209 g/mol. The summed E-state index contributed by atoms with van der Waals surface area (Å²) >= 11 is 0. The maximum absolute atomic E-state index is 12.5. The summed E-state index contributed by atoms with van der Waals surface area (Å²) in [4.78, 5) is 11.1. The Morgan fingerprint density at radius 2 is 2.00 bits per heavy atom. The molecule has 0 aliphatic carbocycles. The molecule has 80 valence electrons. The van der Waals surface area contributed by atoms with Crippen molar-refractivity contribution in [2.75, 3.05) is 5.32 Å². The number of hydrogen-bond donors (Lipinski definition) is 2. The number of para-hydroxylation sites is 1. The van der Waals surface area contributed by atoms with Gasteiger partial charge in [-0.1, -0.05) is 12.1 Å². The highest BCUT2D eigenvalue weighted by molar-refractivity contribution is 6.03. The van der Waals surface area contributed by atoms with Gasteiger partial charge in [-0.3, -0.25) is 4.79 Å². The van der Waals surface area contributed by atoms with Gasteiger partial charge in [0.05, 0.1) is 11.3 Å². The van der Waals surface area contributed by atoms with Crippen LogP contribution in [-0.4, -0.2) is 5.91 Å². The van der Waals surface area contributed by atoms with Crippen LogP contribution >= 0.6 is 0 Å². The van der Waals surface area contributed by atoms with Gasteiger partial charge >= 0.3 is 6.18 Å². The molecule has 0 unspecified atom stereocenters. The fraction of sp³-hybridized carbons (Fsp3) is 0.222. The first-order valence-corrected chi connectivity index (χ1v) is 4.18. The average Bonchev–Trinajstić information content (AvgIpc) is 2.41. The summed E-state index contributed by atoms with van der Waals surface area (Å²) < 4.78 is 37.5. The minimum Gasteiger partial charge on any atom is -0.324 e. The highest BCUT2D eigenvalue weighted by atomic mass is 19.4. The first-order chi connectivity index (χ1) is 6.91. The lowest BCUT2D eigenvalue weighted by molar-refractivity contribution is -0.136. The molecular formula is C9H7F3N2O. The molecule has 1 aliphatic rings. The number of amides is 1. The highest BCUT2D eigenvalue weighted by Gasteiger charge is 2.39. The van der Waals surface area contributed by atoms with Crippen LogP contribution in [0.2, 0.25) is 0 Å². The topological polar surface area (TPSA) is 55.1 Å². The van der Waals surface area contributed by atoms with Crippen LogP contribution in [0.3, 0.4) is 0 Å². The van der Waals surface area contributed by atoms with Gasteiger partial charge in [0.1, 0.15) is 6.04 Å². The van der Waals surface area contributed by atoms with Gasteiger partial charge in [-0.15, -0.1) is 0 Å². The summed E-state index contributed by atoms with van der Waals surface area (Å²) in [6.45, 7) is 0. The van der Waals surface area contributed by atoms with E-state index in [2.05, 4.69) is 5.32 Å². The lowest BCUT2D eigenvalue weighted by Crippen LogP contribution is -2.19. The molecule has 0 radical (unpaired) electrons. The van der Waals surface area contributed by atoms with Gasteiger partial charge in [0.25, 0.3) is 0 Å². The van der Waals surface area contributed by atoms with Crippen LogP contribution in [-0.2, 0) is 11.0 Å². The molecule has 1 aliphatic heterocycles. The Hall–Kier alpha value is -1.56. The molecule has 6 heteroatoms. The summed E-state index contributed by atoms with van der Waals surface area (Å²) in [5.74, 6) is -0.610. The molecule has 2 rings (SSSR count). The van der Waals surface area contributed by atoms with Crippen LogP contribution < -0.4 is 11.1 Å². The van der Waals surface area contributed by atoms with E-state index in [0.29, 0.717) is 0 Å². The van der Waals surface area contributed by atoms with Crippen molar-refractivity contribution in [1.29, 1.82) is 0 Å². The van der Waals surface area contributed by atoms with E-state index in [-0.39, 0.29) is 11.3 Å². The number of rotatable bonds is 0. The zero-order valence-electron chi connectivity index (χ0n) is 7.43. The van der Waals surface area contributed by atoms with E-state index in [9.17, 15) is 18.0 Å². The number of carbonyl (C=O) groups excluding carboxylic acids is 1. The normalized spacial score (nSPS) is 20.0. The SMILES string of the molecule is N[C@H]1C(=O)Nc2c1cccc2C(F)(F)F. The molecule has 0 fully saturated rings. The molecule has 15 heavy (non-hydrogen) atoms. The molecule has 0 saturated heterocycles. The van der Waals surface area contributed by atoms with Crippen LogP contribution in [0.25, 0.3) is 0 Å². The van der Waals surface area contributed by atoms with Crippen LogP contribution in [0, 0.1) is 0 Å². The second-order valence-corrected chi connectivity index (χ2v) is 3.23. The van der Waals surface area contributed by atoms with Gasteiger partial charge in [0, 0.05) is 5.56 Å². The van der Waals surface area contributed by atoms with Crippen molar-refractivity contribution in [3.63, 3.8) is 0 Å². The third kappa shape index (κ3) is 1.46. The van der Waals surface area contributed by atoms with E-state index >= 15 is 0 Å². The van der Waals surface area contributed by atoms with Crippen LogP contribution in [0.5, 0.6) is 0 Å². The van der Waals surface area contributed by atoms with E-state index in [0.717, 1.165) is 6.07 Å². The van der Waals surface area contributed by atoms with Gasteiger partial charge in [0.15, 0.2) is 0 Å². The van der Waals surface area contributed by atoms with Crippen molar-refractivity contribution in [3.8, 4) is 0 Å². The number of alkyl halides is 3. The number of nitrogens with one attached hydrogen (secondary N) is 1. The van der Waals surface area contributed by atoms with Crippen LogP contribution in [0.4, 0.5) is 18.9 Å². The Balaban J connectivity index is 2.60. The number of carbonyl (C=O) groups is 1. The van der Waals surface area contributed by atoms with Gasteiger partial charge < -0.3 is 11.1 Å². The van der Waals surface area contributed by atoms with Gasteiger partial charge in [0.2, 0.25) is 5.91 Å². The van der Waals surface area contributed by atoms with Crippen molar-refractivity contribution in [3.05, 3.63) is 29.3 Å². The minimum atomic E-state index is -4.48. The molecule has 0 bridgehead atoms. The van der Waals surface area contributed by atoms with Gasteiger partial charge in [-0.2, -0.15) is 13.2 Å². The van der Waals surface area contributed by atoms with Crippen molar-refractivity contribution >= 4 is 11.6 Å². The van der Waals surface area contributed by atoms with Crippen molar-refractivity contribution in [1.82, 2.24) is 0 Å². The van der Waals surface area contributed by atoms with Gasteiger partial charge in [-0.05, 0) is 6.07 Å². The summed E-state index contributed by atoms with van der Waals surface area (Å²) in [5, 5.41) is 2.14. The smallest absolute Gasteiger partial charge is 0.324 e. The zero-order chi connectivity index (χ0) is 11.2. The van der Waals surface area contributed by atoms with E-state index in [1.807, 2.05) is 0 Å². The molecule has 1 atom stereocenters. The predicted molar refractivity (Wildman–Crippen MR) is 47.0 cm³/mol. The van der Waals surface area contributed by atoms with Crippen LogP contribution in [0.15, 0.2) is 18.2 Å². The maximum Gasteiger partial charge on any atom is 0.418 e. The third-order valence-corrected chi connectivity index (χ3v) is 2.27. The number of anilines is 1. The first kappa shape index (κ1) is 9.97. The van der Waals surface area contributed by atoms with Crippen molar-refractivity contribution in [2.45, 2.75) is 12.2 Å². The molecule has 0 saturated carbocycles. The molecule has 1 heterocycles. The molecule has 1 aromatic carbocycles. The largest absolute Gasteiger partial charge is 0.418 e. The quantitative estimate of drug-likeness (QED) is 0.692. The summed E-state index contributed by atoms with van der Waals surface area (Å²) in [7, 11) is 0. The number of hydrogen-bond acceptors (Lipinski definition) is 2. The Morgan fingerprint density at radius 3 is 2.60 bits per heavy atom. The van der Waals surface area contributed by atoms with Gasteiger partial charge in [-0.25, -0.2) is 0 Å². The molecule has 3 nitrogen and oxygen atoms in total. The lowest BCUT2D eigenvalue weighted by atomic mass is 10.0. The maximum atomic E-state index is 12.5. The minimum absolute atomic E-state index is 0.190. The van der Waals surface area contributed by atoms with Crippen LogP contribution in [0.1, 0.15) is 17.2 Å². The fourth-order valence-electron chi connectivity index (χ4n) is 1.55. The monoisotopic (exact) mass is 216 g/mol. The number of fused-ring (bicyclic) bond motifs is 1. The summed E-state index contributed by atoms with van der Waals surface area (Å²) in [6, 6.07) is 2.55. The summed E-state index contributed by atoms with van der Waals surface area (Å²) in [6.07, 6.45) is -4.48. The highest BCUT2D eigenvalue weighted by Crippen LogP contribution is 2.40. The van der Waals surface area contributed by atoms with Crippen molar-refractivity contribution < 1.29 is 18.0 Å². The van der Waals surface area contributed by atoms with Crippen molar-refractivity contribution in [2.24, 2.45) is 5.73 Å². The molecule has 3 N–H and O–H groups in total. The average molecular weight is 216 g/mol. The summed E-state index contributed by atoms with van der Waals surface area (Å²) in [5.41, 5.74) is 4.53. The Morgan fingerprint density at radius 1 is 1.33 bits per heavy atom. The third-order valence-electron chi connectivity index (χ3n) is 2.27. The molecule has 0 aromatic heterocycles. The first-order valence-electron chi connectivity index (χ1n) is 4.18. The Bertz CT molecular complexity index is 428. The molecule has 1 amide bonds. The lowest BCUT2D eigenvalue weighted by Gasteiger charge is -2.11. The Labute approximate surface area is 83.1 Å². The standard InChI is InChI=1S/C9H7F3N2O/c10-9(11,12)5-3-1-2-4-6(13)8(15)14-7(4)5/h1-3,6H,13H2,(H,14,15)/t6-/m1/s1. The second kappa shape index (κ2) is 2.96. The zero-order valence-corrected chi connectivity index (χ0v) is 7.43. The number of benzene rings is 1. The number of halogens is 3. The van der Waals surface area contributed by atoms with E-state index in [1.54, 1.807) is 0 Å². The molecule has 1 aromatic rings. The number of nitrogens with two attached hydrogens (primary N) is 1.